The molecule has 9 heteroatoms. The van der Waals surface area contributed by atoms with E-state index in [-0.39, 0.29) is 18.2 Å². The average Bonchev–Trinajstić information content (AvgIpc) is 3.44. The predicted octanol–water partition coefficient (Wildman–Crippen LogP) is 2.54. The van der Waals surface area contributed by atoms with Gasteiger partial charge in [0.25, 0.3) is 5.91 Å². The van der Waals surface area contributed by atoms with Gasteiger partial charge in [-0.1, -0.05) is 18.2 Å². The lowest BCUT2D eigenvalue weighted by molar-refractivity contribution is -0.136. The minimum Gasteiger partial charge on any atom is -0.385 e. The maximum atomic E-state index is 13.0. The van der Waals surface area contributed by atoms with E-state index >= 15 is 0 Å². The molecule has 3 amide bonds. The van der Waals surface area contributed by atoms with E-state index in [0.29, 0.717) is 31.4 Å². The number of aliphatic hydroxyl groups is 1. The molecule has 0 bridgehead atoms. The third-order valence-electron chi connectivity index (χ3n) is 7.55. The van der Waals surface area contributed by atoms with Crippen LogP contribution in [-0.4, -0.2) is 56.7 Å². The van der Waals surface area contributed by atoms with Gasteiger partial charge >= 0.3 is 0 Å². The summed E-state index contributed by atoms with van der Waals surface area (Å²) in [5.41, 5.74) is 5.40. The monoisotopic (exact) mass is 490 g/mol. The fourth-order valence-corrected chi connectivity index (χ4v) is 6.23. The van der Waals surface area contributed by atoms with E-state index < -0.39 is 17.6 Å². The number of aromatic nitrogens is 1. The largest absolute Gasteiger partial charge is 0.385 e. The average molecular weight is 491 g/mol. The van der Waals surface area contributed by atoms with Crippen molar-refractivity contribution in [2.24, 2.45) is 0 Å². The van der Waals surface area contributed by atoms with Gasteiger partial charge in [-0.2, -0.15) is 0 Å². The van der Waals surface area contributed by atoms with E-state index in [2.05, 4.69) is 33.4 Å². The van der Waals surface area contributed by atoms with Crippen molar-refractivity contribution in [3.05, 3.63) is 64.2 Å². The molecule has 6 rings (SSSR count). The van der Waals surface area contributed by atoms with Gasteiger partial charge in [0.1, 0.15) is 6.04 Å². The van der Waals surface area contributed by atoms with Crippen LogP contribution in [0.3, 0.4) is 0 Å². The number of nitrogens with zero attached hydrogens (tertiary/aromatic N) is 3. The van der Waals surface area contributed by atoms with Gasteiger partial charge in [-0.05, 0) is 54.2 Å². The molecule has 0 spiro atoms. The molecule has 3 aliphatic rings. The summed E-state index contributed by atoms with van der Waals surface area (Å²) in [6.45, 7) is 2.70. The molecule has 0 radical (unpaired) electrons. The van der Waals surface area contributed by atoms with Gasteiger partial charge in [-0.15, -0.1) is 11.3 Å². The van der Waals surface area contributed by atoms with Gasteiger partial charge in [0.05, 0.1) is 21.3 Å². The van der Waals surface area contributed by atoms with Crippen molar-refractivity contribution in [1.82, 2.24) is 20.1 Å². The van der Waals surface area contributed by atoms with E-state index in [4.69, 9.17) is 0 Å². The highest BCUT2D eigenvalue weighted by molar-refractivity contribution is 7.16. The molecule has 0 saturated carbocycles. The Bertz CT molecular complexity index is 1340. The molecule has 2 aromatic carbocycles. The molecule has 0 aliphatic carbocycles. The summed E-state index contributed by atoms with van der Waals surface area (Å²) in [4.78, 5) is 45.0. The van der Waals surface area contributed by atoms with Crippen LogP contribution in [-0.2, 0) is 28.3 Å². The quantitative estimate of drug-likeness (QED) is 0.545. The summed E-state index contributed by atoms with van der Waals surface area (Å²) in [7, 11) is 0. The molecule has 180 valence electrons. The minimum absolute atomic E-state index is 0.194. The Morgan fingerprint density at radius 2 is 1.94 bits per heavy atom. The van der Waals surface area contributed by atoms with Crippen LogP contribution < -0.4 is 5.32 Å². The first-order valence-corrected chi connectivity index (χ1v) is 12.8. The van der Waals surface area contributed by atoms with E-state index in [1.54, 1.807) is 22.3 Å². The van der Waals surface area contributed by atoms with E-state index in [1.807, 2.05) is 17.6 Å². The molecular weight excluding hydrogens is 464 g/mol. The highest BCUT2D eigenvalue weighted by atomic mass is 32.1. The maximum absolute atomic E-state index is 13.0. The molecule has 2 N–H and O–H groups in total. The molecule has 8 nitrogen and oxygen atoms in total. The van der Waals surface area contributed by atoms with Crippen molar-refractivity contribution >= 4 is 39.3 Å². The summed E-state index contributed by atoms with van der Waals surface area (Å²) in [6.07, 6.45) is 1.79. The molecule has 2 saturated heterocycles. The summed E-state index contributed by atoms with van der Waals surface area (Å²) < 4.78 is 1.19. The summed E-state index contributed by atoms with van der Waals surface area (Å²) in [5, 5.41) is 13.8. The first-order valence-electron chi connectivity index (χ1n) is 11.9. The molecule has 1 atom stereocenters. The molecule has 4 heterocycles. The number of thiazole rings is 1. The second kappa shape index (κ2) is 8.51. The minimum atomic E-state index is -0.946. The second-order valence-corrected chi connectivity index (χ2v) is 10.6. The molecule has 1 unspecified atom stereocenters. The Hall–Kier alpha value is -3.14. The zero-order valence-electron chi connectivity index (χ0n) is 19.2. The molecular formula is C26H26N4O4S. The SMILES string of the molecule is O=C1CCC(N2Cc3cc(C4(O)CCN(Cc5ccc6ncsc6c5)CC4)ccc3C2=O)C(=O)N1. The van der Waals surface area contributed by atoms with Gasteiger partial charge in [0.15, 0.2) is 0 Å². The Kier molecular flexibility index (Phi) is 5.43. The number of benzene rings is 2. The number of likely N-dealkylation sites (tertiary alicyclic amines) is 1. The first-order chi connectivity index (χ1) is 16.9. The molecule has 35 heavy (non-hydrogen) atoms. The van der Waals surface area contributed by atoms with Gasteiger partial charge in [-0.25, -0.2) is 4.98 Å². The number of nitrogens with one attached hydrogen (secondary N) is 1. The number of rotatable bonds is 4. The number of hydrogen-bond acceptors (Lipinski definition) is 7. The number of fused-ring (bicyclic) bond motifs is 2. The molecule has 1 aromatic heterocycles. The lowest BCUT2D eigenvalue weighted by Gasteiger charge is -2.38. The van der Waals surface area contributed by atoms with Crippen molar-refractivity contribution in [2.75, 3.05) is 13.1 Å². The van der Waals surface area contributed by atoms with Crippen molar-refractivity contribution in [3.63, 3.8) is 0 Å². The molecule has 2 fully saturated rings. The predicted molar refractivity (Wildman–Crippen MR) is 131 cm³/mol. The Balaban J connectivity index is 1.13. The zero-order valence-corrected chi connectivity index (χ0v) is 20.0. The zero-order chi connectivity index (χ0) is 24.2. The van der Waals surface area contributed by atoms with Crippen LogP contribution in [0.5, 0.6) is 0 Å². The number of hydrogen-bond donors (Lipinski definition) is 2. The second-order valence-electron chi connectivity index (χ2n) is 9.73. The van der Waals surface area contributed by atoms with Crippen molar-refractivity contribution in [3.8, 4) is 0 Å². The van der Waals surface area contributed by atoms with Crippen LogP contribution in [0.25, 0.3) is 10.2 Å². The maximum Gasteiger partial charge on any atom is 0.255 e. The van der Waals surface area contributed by atoms with Crippen LogP contribution in [0.4, 0.5) is 0 Å². The smallest absolute Gasteiger partial charge is 0.255 e. The Morgan fingerprint density at radius 3 is 2.74 bits per heavy atom. The standard InChI is InChI=1S/C26H26N4O4S/c31-23-6-5-21(24(32)28-23)30-14-17-12-18(2-3-19(17)25(30)33)26(34)7-9-29(10-8-26)13-16-1-4-20-22(11-16)35-15-27-20/h1-4,11-12,15,21,34H,5-10,13-14H2,(H,28,31,32). The Labute approximate surface area is 206 Å². The Morgan fingerprint density at radius 1 is 1.11 bits per heavy atom. The topological polar surface area (TPSA) is 103 Å². The normalized spacial score (nSPS) is 22.5. The highest BCUT2D eigenvalue weighted by Gasteiger charge is 2.40. The molecule has 3 aromatic rings. The van der Waals surface area contributed by atoms with E-state index in [9.17, 15) is 19.5 Å². The summed E-state index contributed by atoms with van der Waals surface area (Å²) in [6, 6.07) is 11.3. The lowest BCUT2D eigenvalue weighted by Crippen LogP contribution is -2.52. The third-order valence-corrected chi connectivity index (χ3v) is 8.34. The van der Waals surface area contributed by atoms with Crippen LogP contribution in [0.2, 0.25) is 0 Å². The van der Waals surface area contributed by atoms with Crippen molar-refractivity contribution in [2.45, 2.75) is 50.4 Å². The van der Waals surface area contributed by atoms with Crippen LogP contribution in [0.1, 0.15) is 52.7 Å². The first kappa shape index (κ1) is 22.3. The van der Waals surface area contributed by atoms with Gasteiger partial charge in [-0.3, -0.25) is 24.6 Å². The van der Waals surface area contributed by atoms with Crippen LogP contribution in [0, 0.1) is 0 Å². The van der Waals surface area contributed by atoms with Crippen molar-refractivity contribution < 1.29 is 19.5 Å². The van der Waals surface area contributed by atoms with E-state index in [1.165, 1.54) is 10.3 Å². The van der Waals surface area contributed by atoms with Gasteiger partial charge in [0.2, 0.25) is 11.8 Å². The van der Waals surface area contributed by atoms with Gasteiger partial charge < -0.3 is 10.0 Å². The molecule has 3 aliphatic heterocycles. The number of carbonyl (C=O) groups excluding carboxylic acids is 3. The lowest BCUT2D eigenvalue weighted by atomic mass is 9.83. The summed E-state index contributed by atoms with van der Waals surface area (Å²) >= 11 is 1.65. The number of piperidine rings is 2. The fraction of sp³-hybridized carbons (Fsp3) is 0.385. The third kappa shape index (κ3) is 4.03. The summed E-state index contributed by atoms with van der Waals surface area (Å²) in [5.74, 6) is -0.903. The van der Waals surface area contributed by atoms with Crippen LogP contribution in [0.15, 0.2) is 41.9 Å². The fourth-order valence-electron chi connectivity index (χ4n) is 5.49. The van der Waals surface area contributed by atoms with E-state index in [0.717, 1.165) is 36.3 Å². The number of amides is 3. The highest BCUT2D eigenvalue weighted by Crippen LogP contribution is 2.37. The van der Waals surface area contributed by atoms with Crippen LogP contribution >= 0.6 is 11.3 Å². The number of imide groups is 1. The number of carbonyl (C=O) groups is 3. The van der Waals surface area contributed by atoms with Crippen molar-refractivity contribution in [1.29, 1.82) is 0 Å². The van der Waals surface area contributed by atoms with Gasteiger partial charge in [0, 0.05) is 38.2 Å².